The van der Waals surface area contributed by atoms with Gasteiger partial charge in [-0.3, -0.25) is 9.59 Å². The number of H-pyrrole nitrogens is 1. The molecule has 1 fully saturated rings. The van der Waals surface area contributed by atoms with Crippen LogP contribution in [0, 0.1) is 5.92 Å². The van der Waals surface area contributed by atoms with Crippen LogP contribution in [0.5, 0.6) is 11.5 Å². The highest BCUT2D eigenvalue weighted by atomic mass is 16.5. The molecule has 0 saturated carbocycles. The maximum atomic E-state index is 12.9. The highest BCUT2D eigenvalue weighted by Gasteiger charge is 2.38. The number of carbonyl (C=O) groups excluding carboxylic acids is 1. The first-order chi connectivity index (χ1) is 14.6. The van der Waals surface area contributed by atoms with Crippen LogP contribution >= 0.6 is 0 Å². The van der Waals surface area contributed by atoms with E-state index in [0.29, 0.717) is 29.4 Å². The van der Waals surface area contributed by atoms with Crippen molar-refractivity contribution in [2.24, 2.45) is 5.92 Å². The second kappa shape index (κ2) is 7.97. The zero-order valence-electron chi connectivity index (χ0n) is 18.6. The molecule has 0 amide bonds. The molecule has 162 valence electrons. The molecule has 0 spiro atoms. The smallest absolute Gasteiger partial charge is 0.248 e. The maximum Gasteiger partial charge on any atom is 0.248 e. The second-order valence-corrected chi connectivity index (χ2v) is 9.98. The molecule has 1 aliphatic rings. The van der Waals surface area contributed by atoms with E-state index in [9.17, 15) is 9.59 Å². The van der Waals surface area contributed by atoms with Gasteiger partial charge in [0.2, 0.25) is 5.56 Å². The van der Waals surface area contributed by atoms with Crippen LogP contribution < -0.4 is 15.6 Å². The van der Waals surface area contributed by atoms with Crippen LogP contribution in [0.2, 0.25) is 0 Å². The lowest BCUT2D eigenvalue weighted by Gasteiger charge is -2.46. The average molecular weight is 419 g/mol. The molecule has 1 aliphatic heterocycles. The average Bonchev–Trinajstić information content (AvgIpc) is 2.66. The molecule has 3 aromatic rings. The fourth-order valence-electron chi connectivity index (χ4n) is 5.15. The standard InChI is InChI=1S/C26H30N2O3/c1-25(2)14-17(15-26(3,4)28-25)12-22(29)18-8-10-20(11-9-18)31-23-7-5-6-19-16-27-24(30)13-21(19)23/h5-11,13,16-17,28H,12,14-15H2,1-4H3,(H,27,30). The number of aromatic amines is 1. The number of ether oxygens (including phenoxy) is 1. The molecule has 2 aromatic carbocycles. The lowest BCUT2D eigenvalue weighted by Crippen LogP contribution is -2.57. The van der Waals surface area contributed by atoms with E-state index >= 15 is 0 Å². The summed E-state index contributed by atoms with van der Waals surface area (Å²) < 4.78 is 6.01. The number of carbonyl (C=O) groups is 1. The quantitative estimate of drug-likeness (QED) is 0.541. The molecular formula is C26H30N2O3. The molecule has 1 saturated heterocycles. The van der Waals surface area contributed by atoms with Crippen molar-refractivity contribution in [3.8, 4) is 11.5 Å². The van der Waals surface area contributed by atoms with Crippen LogP contribution in [0.3, 0.4) is 0 Å². The number of nitrogens with one attached hydrogen (secondary N) is 2. The zero-order chi connectivity index (χ0) is 22.2. The van der Waals surface area contributed by atoms with Crippen LogP contribution in [0.25, 0.3) is 10.8 Å². The Morgan fingerprint density at radius 2 is 1.71 bits per heavy atom. The molecule has 5 nitrogen and oxygen atoms in total. The number of benzene rings is 2. The van der Waals surface area contributed by atoms with Crippen LogP contribution in [0.15, 0.2) is 59.5 Å². The van der Waals surface area contributed by atoms with Crippen LogP contribution in [-0.2, 0) is 0 Å². The SMILES string of the molecule is CC1(C)CC(CC(=O)c2ccc(Oc3cccc4c[nH]c(=O)cc34)cc2)CC(C)(C)N1. The summed E-state index contributed by atoms with van der Waals surface area (Å²) in [5.41, 5.74) is 0.597. The number of hydrogen-bond donors (Lipinski definition) is 2. The number of ketones is 1. The minimum atomic E-state index is -0.172. The third kappa shape index (κ3) is 5.05. The summed E-state index contributed by atoms with van der Waals surface area (Å²) in [5, 5.41) is 5.32. The molecule has 5 heteroatoms. The molecule has 0 unspecified atom stereocenters. The minimum Gasteiger partial charge on any atom is -0.457 e. The number of piperidine rings is 1. The fraction of sp³-hybridized carbons (Fsp3) is 0.385. The predicted octanol–water partition coefficient (Wildman–Crippen LogP) is 5.45. The van der Waals surface area contributed by atoms with Crippen molar-refractivity contribution in [3.63, 3.8) is 0 Å². The zero-order valence-corrected chi connectivity index (χ0v) is 18.6. The summed E-state index contributed by atoms with van der Waals surface area (Å²) in [5.74, 6) is 1.78. The summed E-state index contributed by atoms with van der Waals surface area (Å²) in [6, 6.07) is 14.5. The fourth-order valence-corrected chi connectivity index (χ4v) is 5.15. The number of pyridine rings is 1. The first-order valence-electron chi connectivity index (χ1n) is 10.8. The largest absolute Gasteiger partial charge is 0.457 e. The molecule has 0 radical (unpaired) electrons. The Morgan fingerprint density at radius 3 is 2.39 bits per heavy atom. The summed E-state index contributed by atoms with van der Waals surface area (Å²) >= 11 is 0. The van der Waals surface area contributed by atoms with E-state index in [1.807, 2.05) is 42.5 Å². The molecule has 31 heavy (non-hydrogen) atoms. The van der Waals surface area contributed by atoms with E-state index in [0.717, 1.165) is 23.6 Å². The van der Waals surface area contributed by atoms with Gasteiger partial charge in [0.1, 0.15) is 11.5 Å². The van der Waals surface area contributed by atoms with Gasteiger partial charge in [-0.2, -0.15) is 0 Å². The van der Waals surface area contributed by atoms with E-state index in [2.05, 4.69) is 38.0 Å². The van der Waals surface area contributed by atoms with Crippen LogP contribution in [0.4, 0.5) is 0 Å². The van der Waals surface area contributed by atoms with Gasteiger partial charge < -0.3 is 15.0 Å². The van der Waals surface area contributed by atoms with Gasteiger partial charge >= 0.3 is 0 Å². The van der Waals surface area contributed by atoms with Crippen LogP contribution in [0.1, 0.15) is 57.3 Å². The second-order valence-electron chi connectivity index (χ2n) is 9.98. The topological polar surface area (TPSA) is 71.2 Å². The summed E-state index contributed by atoms with van der Waals surface area (Å²) in [4.78, 5) is 27.3. The molecular weight excluding hydrogens is 388 g/mol. The van der Waals surface area contributed by atoms with Crippen molar-refractivity contribution in [2.75, 3.05) is 0 Å². The van der Waals surface area contributed by atoms with Gasteiger partial charge in [-0.05, 0) is 76.8 Å². The Labute approximate surface area is 182 Å². The van der Waals surface area contributed by atoms with E-state index in [4.69, 9.17) is 4.74 Å². The highest BCUT2D eigenvalue weighted by molar-refractivity contribution is 5.96. The van der Waals surface area contributed by atoms with E-state index in [1.165, 1.54) is 6.07 Å². The van der Waals surface area contributed by atoms with Gasteiger partial charge in [-0.15, -0.1) is 0 Å². The molecule has 0 atom stereocenters. The summed E-state index contributed by atoms with van der Waals surface area (Å²) in [6.07, 6.45) is 4.21. The lowest BCUT2D eigenvalue weighted by atomic mass is 9.74. The van der Waals surface area contributed by atoms with Gasteiger partial charge in [0.25, 0.3) is 0 Å². The predicted molar refractivity (Wildman–Crippen MR) is 124 cm³/mol. The van der Waals surface area contributed by atoms with Gasteiger partial charge in [-0.25, -0.2) is 0 Å². The third-order valence-electron chi connectivity index (χ3n) is 5.90. The van der Waals surface area contributed by atoms with Crippen molar-refractivity contribution in [2.45, 2.75) is 58.0 Å². The minimum absolute atomic E-state index is 0.0323. The number of fused-ring (bicyclic) bond motifs is 1. The molecule has 0 aliphatic carbocycles. The molecule has 2 heterocycles. The number of hydrogen-bond acceptors (Lipinski definition) is 4. The van der Waals surface area contributed by atoms with Crippen molar-refractivity contribution in [1.29, 1.82) is 0 Å². The van der Waals surface area contributed by atoms with Gasteiger partial charge in [0.15, 0.2) is 5.78 Å². The summed E-state index contributed by atoms with van der Waals surface area (Å²) in [7, 11) is 0. The first-order valence-corrected chi connectivity index (χ1v) is 10.8. The van der Waals surface area contributed by atoms with Crippen molar-refractivity contribution in [1.82, 2.24) is 10.3 Å². The third-order valence-corrected chi connectivity index (χ3v) is 5.90. The number of rotatable bonds is 5. The Morgan fingerprint density at radius 1 is 1.03 bits per heavy atom. The van der Waals surface area contributed by atoms with E-state index in [-0.39, 0.29) is 22.4 Å². The molecule has 4 rings (SSSR count). The molecule has 2 N–H and O–H groups in total. The Balaban J connectivity index is 1.47. The van der Waals surface area contributed by atoms with Crippen molar-refractivity contribution >= 4 is 16.6 Å². The first kappa shape index (κ1) is 21.3. The highest BCUT2D eigenvalue weighted by Crippen LogP contribution is 2.35. The summed E-state index contributed by atoms with van der Waals surface area (Å²) in [6.45, 7) is 8.83. The van der Waals surface area contributed by atoms with Gasteiger partial charge in [0, 0.05) is 46.1 Å². The van der Waals surface area contributed by atoms with Gasteiger partial charge in [-0.1, -0.05) is 12.1 Å². The van der Waals surface area contributed by atoms with Gasteiger partial charge in [0.05, 0.1) is 0 Å². The van der Waals surface area contributed by atoms with Crippen molar-refractivity contribution in [3.05, 3.63) is 70.6 Å². The Bertz CT molecular complexity index is 1140. The molecule has 0 bridgehead atoms. The Hall–Kier alpha value is -2.92. The number of aromatic nitrogens is 1. The lowest BCUT2D eigenvalue weighted by molar-refractivity contribution is 0.0864. The van der Waals surface area contributed by atoms with E-state index in [1.54, 1.807) is 6.20 Å². The van der Waals surface area contributed by atoms with Crippen LogP contribution in [-0.4, -0.2) is 21.8 Å². The normalized spacial score (nSPS) is 18.1. The monoisotopic (exact) mass is 418 g/mol. The maximum absolute atomic E-state index is 12.9. The Kier molecular flexibility index (Phi) is 5.48. The molecule has 1 aromatic heterocycles. The van der Waals surface area contributed by atoms with Crippen molar-refractivity contribution < 1.29 is 9.53 Å². The van der Waals surface area contributed by atoms with E-state index < -0.39 is 0 Å². The number of Topliss-reactive ketones (excluding diaryl/α,β-unsaturated/α-hetero) is 1.